The molecule has 2 atom stereocenters. The number of rotatable bonds is 7. The van der Waals surface area contributed by atoms with Crippen molar-refractivity contribution >= 4 is 42.4 Å². The summed E-state index contributed by atoms with van der Waals surface area (Å²) in [5.74, 6) is -1.77. The minimum Gasteiger partial charge on any atom is -0.480 e. The number of hydrogen-bond acceptors (Lipinski definition) is 9. The predicted octanol–water partition coefficient (Wildman–Crippen LogP) is 0.770. The highest BCUT2D eigenvalue weighted by atomic mass is 32.1. The van der Waals surface area contributed by atoms with Gasteiger partial charge in [-0.1, -0.05) is 11.5 Å². The van der Waals surface area contributed by atoms with Crippen LogP contribution in [0.3, 0.4) is 0 Å². The topological polar surface area (TPSA) is 113 Å². The van der Waals surface area contributed by atoms with Gasteiger partial charge in [-0.25, -0.2) is 14.2 Å². The number of aliphatic imine (C=N–C) groups is 1. The molecule has 4 rings (SSSR count). The first kappa shape index (κ1) is 24.1. The molecule has 0 amide bonds. The lowest BCUT2D eigenvalue weighted by molar-refractivity contribution is -0.149. The second-order valence-corrected chi connectivity index (χ2v) is 8.52. The Balaban J connectivity index is 1.83. The van der Waals surface area contributed by atoms with Gasteiger partial charge < -0.3 is 19.9 Å². The van der Waals surface area contributed by atoms with Crippen molar-refractivity contribution in [3.05, 3.63) is 57.4 Å². The van der Waals surface area contributed by atoms with Crippen molar-refractivity contribution in [2.45, 2.75) is 19.0 Å². The molecular formula is C22H22BFN4O5S. The number of carboxylic acid groups (broad SMARTS) is 1. The summed E-state index contributed by atoms with van der Waals surface area (Å²) < 4.78 is 24.4. The Morgan fingerprint density at radius 3 is 2.94 bits per heavy atom. The van der Waals surface area contributed by atoms with Gasteiger partial charge in [-0.2, -0.15) is 0 Å². The van der Waals surface area contributed by atoms with Crippen molar-refractivity contribution in [2.75, 3.05) is 32.9 Å². The third-order valence-electron chi connectivity index (χ3n) is 5.49. The van der Waals surface area contributed by atoms with E-state index in [1.807, 2.05) is 0 Å². The number of morpholine rings is 1. The molecule has 0 unspecified atom stereocenters. The summed E-state index contributed by atoms with van der Waals surface area (Å²) in [5, 5.41) is 15.2. The number of amidine groups is 1. The normalized spacial score (nSPS) is 21.1. The van der Waals surface area contributed by atoms with Crippen LogP contribution < -0.4 is 10.8 Å². The smallest absolute Gasteiger partial charge is 0.338 e. The van der Waals surface area contributed by atoms with Gasteiger partial charge in [0.2, 0.25) is 0 Å². The standard InChI is InChI=1S/C22H22BFN4O5S/c1-2-33-22(31)17-15(10-28-6-7-32-11-16(28)21(29)30)26-19(20-25-5-8-34-20)27-18(17)13-4-3-12(24)9-14(13)23/h3-5,8-9,16,18H,2,6-7,10-11H2,1H3,(H,26,27)(H,29,30)/t16-,18-/m0/s1. The number of thiazole rings is 1. The lowest BCUT2D eigenvalue weighted by atomic mass is 9.83. The van der Waals surface area contributed by atoms with Crippen LogP contribution in [-0.2, 0) is 19.1 Å². The van der Waals surface area contributed by atoms with Crippen molar-refractivity contribution in [3.8, 4) is 0 Å². The monoisotopic (exact) mass is 484 g/mol. The maximum atomic E-state index is 13.8. The number of ether oxygens (including phenoxy) is 2. The van der Waals surface area contributed by atoms with Gasteiger partial charge in [0.05, 0.1) is 25.4 Å². The Morgan fingerprint density at radius 1 is 1.44 bits per heavy atom. The van der Waals surface area contributed by atoms with Crippen molar-refractivity contribution in [1.82, 2.24) is 15.2 Å². The van der Waals surface area contributed by atoms with E-state index in [2.05, 4.69) is 10.3 Å². The van der Waals surface area contributed by atoms with Gasteiger partial charge in [-0.15, -0.1) is 11.3 Å². The molecule has 1 fully saturated rings. The molecule has 1 saturated heterocycles. The maximum absolute atomic E-state index is 13.8. The molecule has 3 heterocycles. The number of hydrogen-bond donors (Lipinski definition) is 2. The molecule has 2 radical (unpaired) electrons. The van der Waals surface area contributed by atoms with Crippen LogP contribution >= 0.6 is 11.3 Å². The van der Waals surface area contributed by atoms with E-state index < -0.39 is 29.8 Å². The zero-order valence-electron chi connectivity index (χ0n) is 18.4. The lowest BCUT2D eigenvalue weighted by Crippen LogP contribution is -2.52. The van der Waals surface area contributed by atoms with E-state index in [4.69, 9.17) is 22.3 Å². The molecule has 12 heteroatoms. The molecular weight excluding hydrogens is 462 g/mol. The first-order valence-corrected chi connectivity index (χ1v) is 11.5. The van der Waals surface area contributed by atoms with E-state index in [0.717, 1.165) is 0 Å². The molecule has 0 bridgehead atoms. The predicted molar refractivity (Wildman–Crippen MR) is 124 cm³/mol. The molecule has 176 valence electrons. The van der Waals surface area contributed by atoms with Crippen molar-refractivity contribution in [1.29, 1.82) is 0 Å². The van der Waals surface area contributed by atoms with E-state index in [1.165, 1.54) is 29.5 Å². The third kappa shape index (κ3) is 5.03. The number of benzene rings is 1. The fourth-order valence-electron chi connectivity index (χ4n) is 3.90. The minimum atomic E-state index is -1.03. The highest BCUT2D eigenvalue weighted by molar-refractivity contribution is 7.11. The van der Waals surface area contributed by atoms with Crippen LogP contribution in [0.1, 0.15) is 23.5 Å². The summed E-state index contributed by atoms with van der Waals surface area (Å²) >= 11 is 1.34. The average molecular weight is 484 g/mol. The second-order valence-electron chi connectivity index (χ2n) is 7.63. The molecule has 2 aliphatic rings. The molecule has 0 saturated carbocycles. The van der Waals surface area contributed by atoms with Crippen LogP contribution in [0.15, 0.2) is 46.0 Å². The van der Waals surface area contributed by atoms with Crippen molar-refractivity contribution < 1.29 is 28.6 Å². The molecule has 2 aliphatic heterocycles. The summed E-state index contributed by atoms with van der Waals surface area (Å²) in [6, 6.07) is 2.11. The molecule has 2 N–H and O–H groups in total. The van der Waals surface area contributed by atoms with Gasteiger partial charge in [0.25, 0.3) is 0 Å². The molecule has 1 aromatic heterocycles. The number of carboxylic acids is 1. The number of aromatic nitrogens is 1. The first-order chi connectivity index (χ1) is 16.4. The van der Waals surface area contributed by atoms with Gasteiger partial charge in [-0.05, 0) is 24.6 Å². The van der Waals surface area contributed by atoms with Crippen LogP contribution in [0.2, 0.25) is 0 Å². The van der Waals surface area contributed by atoms with Crippen LogP contribution in [0.4, 0.5) is 4.39 Å². The molecule has 34 heavy (non-hydrogen) atoms. The van der Waals surface area contributed by atoms with Crippen LogP contribution in [0.5, 0.6) is 0 Å². The second kappa shape index (κ2) is 10.5. The SMILES string of the molecule is [B]c1cc(F)ccc1[C@@H]1N=C(c2nccs2)NC(CN2CCOC[C@H]2C(=O)O)=C1C(=O)OCC. The van der Waals surface area contributed by atoms with Gasteiger partial charge in [0.15, 0.2) is 10.8 Å². The number of nitrogens with one attached hydrogen (secondary N) is 1. The Bertz CT molecular complexity index is 1140. The van der Waals surface area contributed by atoms with E-state index in [1.54, 1.807) is 23.4 Å². The summed E-state index contributed by atoms with van der Waals surface area (Å²) in [6.45, 7) is 2.64. The Kier molecular flexibility index (Phi) is 7.39. The van der Waals surface area contributed by atoms with Crippen molar-refractivity contribution in [2.24, 2.45) is 4.99 Å². The van der Waals surface area contributed by atoms with Gasteiger partial charge >= 0.3 is 11.9 Å². The molecule has 0 aliphatic carbocycles. The highest BCUT2D eigenvalue weighted by Crippen LogP contribution is 2.32. The van der Waals surface area contributed by atoms with Gasteiger partial charge in [-0.3, -0.25) is 14.7 Å². The van der Waals surface area contributed by atoms with E-state index in [9.17, 15) is 19.1 Å². The number of aliphatic carboxylic acids is 1. The largest absolute Gasteiger partial charge is 0.480 e. The number of halogens is 1. The van der Waals surface area contributed by atoms with Crippen molar-refractivity contribution in [3.63, 3.8) is 0 Å². The number of nitrogens with zero attached hydrogens (tertiary/aromatic N) is 3. The number of carbonyl (C=O) groups excluding carboxylic acids is 1. The molecule has 9 nitrogen and oxygen atoms in total. The summed E-state index contributed by atoms with van der Waals surface area (Å²) in [4.78, 5) is 35.7. The zero-order valence-corrected chi connectivity index (χ0v) is 19.2. The van der Waals surface area contributed by atoms with Gasteiger partial charge in [0.1, 0.15) is 25.7 Å². The fourth-order valence-corrected chi connectivity index (χ4v) is 4.48. The van der Waals surface area contributed by atoms with Crippen LogP contribution in [0, 0.1) is 5.82 Å². The Morgan fingerprint density at radius 2 is 2.26 bits per heavy atom. The quantitative estimate of drug-likeness (QED) is 0.438. The van der Waals surface area contributed by atoms with E-state index in [0.29, 0.717) is 35.3 Å². The summed E-state index contributed by atoms with van der Waals surface area (Å²) in [5.41, 5.74) is 1.15. The van der Waals surface area contributed by atoms with Crippen LogP contribution in [0.25, 0.3) is 0 Å². The van der Waals surface area contributed by atoms with Gasteiger partial charge in [0, 0.05) is 30.4 Å². The summed E-state index contributed by atoms with van der Waals surface area (Å²) in [7, 11) is 6.12. The molecule has 1 aromatic carbocycles. The fraction of sp³-hybridized carbons (Fsp3) is 0.364. The Hall–Kier alpha value is -3.09. The summed E-state index contributed by atoms with van der Waals surface area (Å²) in [6.07, 6.45) is 1.62. The van der Waals surface area contributed by atoms with E-state index in [-0.39, 0.29) is 30.8 Å². The third-order valence-corrected chi connectivity index (χ3v) is 6.27. The van der Waals surface area contributed by atoms with Crippen LogP contribution in [-0.4, -0.2) is 79.6 Å². The van der Waals surface area contributed by atoms with E-state index >= 15 is 0 Å². The zero-order chi connectivity index (χ0) is 24.2. The first-order valence-electron chi connectivity index (χ1n) is 10.6. The molecule has 2 aromatic rings. The Labute approximate surface area is 200 Å². The lowest BCUT2D eigenvalue weighted by Gasteiger charge is -2.35. The number of esters is 1. The highest BCUT2D eigenvalue weighted by Gasteiger charge is 2.36. The maximum Gasteiger partial charge on any atom is 0.338 e. The average Bonchev–Trinajstić information content (AvgIpc) is 3.34. The molecule has 0 spiro atoms. The minimum absolute atomic E-state index is 0.0269. The number of carbonyl (C=O) groups is 2.